The molecule has 0 saturated heterocycles. The average molecular weight is 201 g/mol. The Morgan fingerprint density at radius 3 is 2.57 bits per heavy atom. The van der Waals surface area contributed by atoms with Gasteiger partial charge in [0.2, 0.25) is 0 Å². The van der Waals surface area contributed by atoms with Crippen LogP contribution in [0.1, 0.15) is 33.1 Å². The summed E-state index contributed by atoms with van der Waals surface area (Å²) in [7, 11) is 0. The van der Waals surface area contributed by atoms with Crippen molar-refractivity contribution in [3.8, 4) is 0 Å². The lowest BCUT2D eigenvalue weighted by atomic mass is 9.93. The van der Waals surface area contributed by atoms with E-state index in [9.17, 15) is 0 Å². The minimum atomic E-state index is -0.0530. The SMILES string of the molecule is CC(C)(CO)CNC1CCCC1CO. The van der Waals surface area contributed by atoms with Gasteiger partial charge in [0.1, 0.15) is 0 Å². The topological polar surface area (TPSA) is 52.5 Å². The van der Waals surface area contributed by atoms with Gasteiger partial charge < -0.3 is 15.5 Å². The Hall–Kier alpha value is -0.120. The molecule has 0 heterocycles. The van der Waals surface area contributed by atoms with Crippen LogP contribution in [0.4, 0.5) is 0 Å². The van der Waals surface area contributed by atoms with Crippen molar-refractivity contribution in [3.63, 3.8) is 0 Å². The molecule has 1 saturated carbocycles. The van der Waals surface area contributed by atoms with Gasteiger partial charge in [0.15, 0.2) is 0 Å². The number of aliphatic hydroxyl groups is 2. The van der Waals surface area contributed by atoms with E-state index in [1.807, 2.05) is 13.8 Å². The van der Waals surface area contributed by atoms with E-state index in [1.54, 1.807) is 0 Å². The van der Waals surface area contributed by atoms with Crippen molar-refractivity contribution in [2.75, 3.05) is 19.8 Å². The summed E-state index contributed by atoms with van der Waals surface area (Å²) in [6.45, 7) is 5.41. The van der Waals surface area contributed by atoms with Crippen molar-refractivity contribution < 1.29 is 10.2 Å². The molecule has 84 valence electrons. The van der Waals surface area contributed by atoms with Gasteiger partial charge in [-0.3, -0.25) is 0 Å². The van der Waals surface area contributed by atoms with E-state index < -0.39 is 0 Å². The first-order valence-corrected chi connectivity index (χ1v) is 5.54. The first-order chi connectivity index (χ1) is 6.59. The number of hydrogen-bond donors (Lipinski definition) is 3. The Kier molecular flexibility index (Phi) is 4.35. The van der Waals surface area contributed by atoms with Crippen LogP contribution in [0, 0.1) is 11.3 Å². The Morgan fingerprint density at radius 1 is 1.29 bits per heavy atom. The molecule has 1 aliphatic carbocycles. The first-order valence-electron chi connectivity index (χ1n) is 5.54. The molecule has 0 aromatic heterocycles. The standard InChI is InChI=1S/C11H23NO2/c1-11(2,8-14)7-12-10-5-3-4-9(10)6-13/h9-10,12-14H,3-8H2,1-2H3. The molecule has 0 radical (unpaired) electrons. The molecule has 3 nitrogen and oxygen atoms in total. The molecule has 0 bridgehead atoms. The van der Waals surface area contributed by atoms with Gasteiger partial charge in [-0.05, 0) is 18.8 Å². The molecule has 0 spiro atoms. The number of hydrogen-bond acceptors (Lipinski definition) is 3. The van der Waals surface area contributed by atoms with Crippen LogP contribution in [0.5, 0.6) is 0 Å². The van der Waals surface area contributed by atoms with E-state index >= 15 is 0 Å². The fraction of sp³-hybridized carbons (Fsp3) is 1.00. The molecule has 2 atom stereocenters. The molecule has 1 fully saturated rings. The molecule has 0 aromatic carbocycles. The van der Waals surface area contributed by atoms with Gasteiger partial charge in [0, 0.05) is 31.2 Å². The van der Waals surface area contributed by atoms with Crippen LogP contribution in [0.2, 0.25) is 0 Å². The second-order valence-electron chi connectivity index (χ2n) is 5.18. The second kappa shape index (κ2) is 5.10. The molecule has 1 rings (SSSR count). The summed E-state index contributed by atoms with van der Waals surface area (Å²) in [5.41, 5.74) is -0.0530. The Balaban J connectivity index is 2.30. The summed E-state index contributed by atoms with van der Waals surface area (Å²) in [5, 5.41) is 21.7. The normalized spacial score (nSPS) is 28.3. The fourth-order valence-corrected chi connectivity index (χ4v) is 1.99. The predicted molar refractivity (Wildman–Crippen MR) is 57.1 cm³/mol. The average Bonchev–Trinajstić information content (AvgIpc) is 2.62. The number of rotatable bonds is 5. The highest BCUT2D eigenvalue weighted by molar-refractivity contribution is 4.84. The smallest absolute Gasteiger partial charge is 0.0494 e. The van der Waals surface area contributed by atoms with Gasteiger partial charge in [-0.15, -0.1) is 0 Å². The van der Waals surface area contributed by atoms with Crippen molar-refractivity contribution >= 4 is 0 Å². The van der Waals surface area contributed by atoms with Gasteiger partial charge >= 0.3 is 0 Å². The quantitative estimate of drug-likeness (QED) is 0.615. The highest BCUT2D eigenvalue weighted by Gasteiger charge is 2.27. The van der Waals surface area contributed by atoms with E-state index in [0.717, 1.165) is 19.4 Å². The molecule has 3 N–H and O–H groups in total. The maximum Gasteiger partial charge on any atom is 0.0494 e. The molecule has 14 heavy (non-hydrogen) atoms. The summed E-state index contributed by atoms with van der Waals surface area (Å²) < 4.78 is 0. The minimum Gasteiger partial charge on any atom is -0.396 e. The Morgan fingerprint density at radius 2 is 2.00 bits per heavy atom. The van der Waals surface area contributed by atoms with Crippen molar-refractivity contribution in [1.29, 1.82) is 0 Å². The highest BCUT2D eigenvalue weighted by Crippen LogP contribution is 2.25. The van der Waals surface area contributed by atoms with Crippen LogP contribution >= 0.6 is 0 Å². The minimum absolute atomic E-state index is 0.0530. The third-order valence-corrected chi connectivity index (χ3v) is 3.16. The van der Waals surface area contributed by atoms with Crippen LogP contribution in [-0.2, 0) is 0 Å². The second-order valence-corrected chi connectivity index (χ2v) is 5.18. The lowest BCUT2D eigenvalue weighted by Crippen LogP contribution is -2.41. The third-order valence-electron chi connectivity index (χ3n) is 3.16. The molecule has 3 heteroatoms. The maximum atomic E-state index is 9.13. The molecular weight excluding hydrogens is 178 g/mol. The molecular formula is C11H23NO2. The van der Waals surface area contributed by atoms with Crippen molar-refractivity contribution in [1.82, 2.24) is 5.32 Å². The van der Waals surface area contributed by atoms with Crippen LogP contribution in [0.15, 0.2) is 0 Å². The zero-order valence-electron chi connectivity index (χ0n) is 9.29. The largest absolute Gasteiger partial charge is 0.396 e. The lowest BCUT2D eigenvalue weighted by Gasteiger charge is -2.27. The summed E-state index contributed by atoms with van der Waals surface area (Å²) in [6, 6.07) is 0.450. The van der Waals surface area contributed by atoms with Crippen molar-refractivity contribution in [2.45, 2.75) is 39.2 Å². The van der Waals surface area contributed by atoms with Crippen molar-refractivity contribution in [3.05, 3.63) is 0 Å². The van der Waals surface area contributed by atoms with E-state index in [4.69, 9.17) is 10.2 Å². The van der Waals surface area contributed by atoms with Crippen LogP contribution in [0.3, 0.4) is 0 Å². The first kappa shape index (κ1) is 12.0. The summed E-state index contributed by atoms with van der Waals surface area (Å²) in [4.78, 5) is 0. The van der Waals surface area contributed by atoms with Gasteiger partial charge in [-0.2, -0.15) is 0 Å². The zero-order chi connectivity index (χ0) is 10.6. The van der Waals surface area contributed by atoms with E-state index in [0.29, 0.717) is 12.0 Å². The molecule has 2 unspecified atom stereocenters. The van der Waals surface area contributed by atoms with E-state index in [2.05, 4.69) is 5.32 Å². The molecule has 0 aliphatic heterocycles. The lowest BCUT2D eigenvalue weighted by molar-refractivity contribution is 0.143. The zero-order valence-corrected chi connectivity index (χ0v) is 9.29. The predicted octanol–water partition coefficient (Wildman–Crippen LogP) is 0.755. The van der Waals surface area contributed by atoms with Crippen LogP contribution in [-0.4, -0.2) is 36.0 Å². The summed E-state index contributed by atoms with van der Waals surface area (Å²) in [5.74, 6) is 0.421. The highest BCUT2D eigenvalue weighted by atomic mass is 16.3. The Bertz CT molecular complexity index is 171. The van der Waals surface area contributed by atoms with Crippen LogP contribution in [0.25, 0.3) is 0 Å². The number of aliphatic hydroxyl groups excluding tert-OH is 2. The third kappa shape index (κ3) is 3.23. The number of nitrogens with one attached hydrogen (secondary N) is 1. The van der Waals surface area contributed by atoms with Crippen molar-refractivity contribution in [2.24, 2.45) is 11.3 Å². The maximum absolute atomic E-state index is 9.13. The van der Waals surface area contributed by atoms with Gasteiger partial charge in [0.05, 0.1) is 0 Å². The monoisotopic (exact) mass is 201 g/mol. The van der Waals surface area contributed by atoms with Gasteiger partial charge in [-0.1, -0.05) is 20.3 Å². The molecule has 0 aromatic rings. The van der Waals surface area contributed by atoms with E-state index in [1.165, 1.54) is 6.42 Å². The summed E-state index contributed by atoms with van der Waals surface area (Å²) in [6.07, 6.45) is 3.50. The van der Waals surface area contributed by atoms with E-state index in [-0.39, 0.29) is 18.6 Å². The molecule has 1 aliphatic rings. The molecule has 0 amide bonds. The van der Waals surface area contributed by atoms with Gasteiger partial charge in [-0.25, -0.2) is 0 Å². The van der Waals surface area contributed by atoms with Crippen LogP contribution < -0.4 is 5.32 Å². The fourth-order valence-electron chi connectivity index (χ4n) is 1.99. The van der Waals surface area contributed by atoms with Gasteiger partial charge in [0.25, 0.3) is 0 Å². The summed E-state index contributed by atoms with van der Waals surface area (Å²) >= 11 is 0. The Labute approximate surface area is 86.5 Å².